The summed E-state index contributed by atoms with van der Waals surface area (Å²) in [5.74, 6) is -2.28. The van der Waals surface area contributed by atoms with Crippen molar-refractivity contribution in [3.05, 3.63) is 24.3 Å². The summed E-state index contributed by atoms with van der Waals surface area (Å²) in [6.45, 7) is 3.24. The molecule has 0 aliphatic carbocycles. The maximum atomic E-state index is 9.40. The number of hydrogen-bond acceptors (Lipinski definition) is 4. The Morgan fingerprint density at radius 3 is 1.15 bits per heavy atom. The molecule has 0 bridgehead atoms. The van der Waals surface area contributed by atoms with Crippen molar-refractivity contribution in [2.45, 2.75) is 13.8 Å². The van der Waals surface area contributed by atoms with Crippen molar-refractivity contribution in [1.29, 1.82) is 0 Å². The Balaban J connectivity index is -0.000000143. The molecular formula is C8H10CoO4. The molecule has 0 rings (SSSR count). The zero-order valence-electron chi connectivity index (χ0n) is 7.28. The molecule has 0 atom stereocenters. The molecule has 0 unspecified atom stereocenters. The average Bonchev–Trinajstić information content (AvgIpc) is 1.87. The Hall–Kier alpha value is -1.07. The largest absolute Gasteiger partial charge is 2.00 e. The van der Waals surface area contributed by atoms with Gasteiger partial charge in [-0.2, -0.15) is 0 Å². The van der Waals surface area contributed by atoms with Crippen LogP contribution in [0.2, 0.25) is 0 Å². The van der Waals surface area contributed by atoms with Gasteiger partial charge in [-0.1, -0.05) is 12.2 Å². The van der Waals surface area contributed by atoms with E-state index in [2.05, 4.69) is 0 Å². The molecule has 0 fully saturated rings. The number of carbonyl (C=O) groups is 2. The van der Waals surface area contributed by atoms with Crippen LogP contribution in [0, 0.1) is 0 Å². The maximum absolute atomic E-state index is 9.40. The summed E-state index contributed by atoms with van der Waals surface area (Å²) in [6.07, 6.45) is 4.77. The van der Waals surface area contributed by atoms with E-state index in [-0.39, 0.29) is 16.8 Å². The first-order valence-corrected chi connectivity index (χ1v) is 3.22. The number of carboxylic acids is 2. The van der Waals surface area contributed by atoms with Gasteiger partial charge in [-0.15, -0.1) is 0 Å². The number of hydrogen-bond donors (Lipinski definition) is 0. The molecule has 75 valence electrons. The predicted octanol–water partition coefficient (Wildman–Crippen LogP) is -1.38. The van der Waals surface area contributed by atoms with Gasteiger partial charge in [-0.05, 0) is 26.0 Å². The number of aliphatic carboxylic acids is 2. The van der Waals surface area contributed by atoms with Gasteiger partial charge >= 0.3 is 16.8 Å². The summed E-state index contributed by atoms with van der Waals surface area (Å²) in [7, 11) is 0. The van der Waals surface area contributed by atoms with Crippen LogP contribution in [0.3, 0.4) is 0 Å². The Morgan fingerprint density at radius 1 is 0.923 bits per heavy atom. The molecule has 1 radical (unpaired) electrons. The van der Waals surface area contributed by atoms with E-state index in [9.17, 15) is 19.8 Å². The monoisotopic (exact) mass is 229 g/mol. The second-order valence-corrected chi connectivity index (χ2v) is 1.64. The van der Waals surface area contributed by atoms with Gasteiger partial charge in [0.15, 0.2) is 0 Å². The van der Waals surface area contributed by atoms with E-state index in [1.54, 1.807) is 13.8 Å². The summed E-state index contributed by atoms with van der Waals surface area (Å²) in [5.41, 5.74) is 0. The first-order chi connectivity index (χ1) is 5.54. The second kappa shape index (κ2) is 13.5. The fourth-order valence-corrected chi connectivity index (χ4v) is 0.272. The van der Waals surface area contributed by atoms with Crippen LogP contribution in [-0.4, -0.2) is 11.9 Å². The van der Waals surface area contributed by atoms with E-state index in [1.165, 1.54) is 12.2 Å². The summed E-state index contributed by atoms with van der Waals surface area (Å²) in [6, 6.07) is 0. The van der Waals surface area contributed by atoms with Gasteiger partial charge in [0.05, 0.1) is 11.9 Å². The standard InChI is InChI=1S/2C4H6O2.Co/c2*1-2-3-4(5)6;/h2*2-3H,1H3,(H,5,6);/q;;+2/p-2. The van der Waals surface area contributed by atoms with Gasteiger partial charge in [0, 0.05) is 0 Å². The van der Waals surface area contributed by atoms with Crippen LogP contribution in [0.15, 0.2) is 24.3 Å². The number of allylic oxidation sites excluding steroid dienone is 2. The topological polar surface area (TPSA) is 80.3 Å². The van der Waals surface area contributed by atoms with E-state index < -0.39 is 11.9 Å². The molecule has 0 amide bonds. The van der Waals surface area contributed by atoms with Gasteiger partial charge in [0.1, 0.15) is 0 Å². The van der Waals surface area contributed by atoms with Crippen molar-refractivity contribution < 1.29 is 36.6 Å². The fraction of sp³-hybridized carbons (Fsp3) is 0.250. The third-order valence-electron chi connectivity index (χ3n) is 0.605. The Labute approximate surface area is 87.2 Å². The second-order valence-electron chi connectivity index (χ2n) is 1.64. The molecule has 0 aliphatic heterocycles. The van der Waals surface area contributed by atoms with Gasteiger partial charge in [-0.3, -0.25) is 0 Å². The van der Waals surface area contributed by atoms with Crippen LogP contribution < -0.4 is 10.2 Å². The van der Waals surface area contributed by atoms with Crippen LogP contribution in [0.4, 0.5) is 0 Å². The van der Waals surface area contributed by atoms with Crippen LogP contribution >= 0.6 is 0 Å². The van der Waals surface area contributed by atoms with E-state index >= 15 is 0 Å². The fourth-order valence-electron chi connectivity index (χ4n) is 0.272. The molecule has 0 heterocycles. The Kier molecular flexibility index (Phi) is 18.6. The normalized spacial score (nSPS) is 8.77. The zero-order valence-corrected chi connectivity index (χ0v) is 8.32. The van der Waals surface area contributed by atoms with Gasteiger partial charge in [0.2, 0.25) is 0 Å². The van der Waals surface area contributed by atoms with Crippen LogP contribution in [0.1, 0.15) is 13.8 Å². The first kappa shape index (κ1) is 17.9. The maximum Gasteiger partial charge on any atom is 2.00 e. The molecular weight excluding hydrogens is 219 g/mol. The summed E-state index contributed by atoms with van der Waals surface area (Å²) < 4.78 is 0. The average molecular weight is 229 g/mol. The molecule has 0 aromatic heterocycles. The van der Waals surface area contributed by atoms with E-state index in [0.29, 0.717) is 0 Å². The molecule has 4 nitrogen and oxygen atoms in total. The molecule has 0 spiro atoms. The SMILES string of the molecule is CC=CC(=O)[O-].CC=CC(=O)[O-].[Co+2]. The van der Waals surface area contributed by atoms with E-state index in [0.717, 1.165) is 12.2 Å². The van der Waals surface area contributed by atoms with Crippen LogP contribution in [0.5, 0.6) is 0 Å². The van der Waals surface area contributed by atoms with Crippen molar-refractivity contribution in [1.82, 2.24) is 0 Å². The molecule has 0 aromatic rings. The molecule has 5 heteroatoms. The van der Waals surface area contributed by atoms with Gasteiger partial charge < -0.3 is 19.8 Å². The first-order valence-electron chi connectivity index (χ1n) is 3.22. The molecule has 13 heavy (non-hydrogen) atoms. The third-order valence-corrected chi connectivity index (χ3v) is 0.605. The Morgan fingerprint density at radius 2 is 1.15 bits per heavy atom. The molecule has 0 aromatic carbocycles. The minimum atomic E-state index is -1.14. The van der Waals surface area contributed by atoms with E-state index in [4.69, 9.17) is 0 Å². The summed E-state index contributed by atoms with van der Waals surface area (Å²) >= 11 is 0. The number of rotatable bonds is 2. The Bertz CT molecular complexity index is 174. The van der Waals surface area contributed by atoms with Crippen molar-refractivity contribution in [2.24, 2.45) is 0 Å². The summed E-state index contributed by atoms with van der Waals surface area (Å²) in [4.78, 5) is 18.8. The summed E-state index contributed by atoms with van der Waals surface area (Å²) in [5, 5.41) is 18.8. The quantitative estimate of drug-likeness (QED) is 0.546. The molecule has 0 saturated heterocycles. The van der Waals surface area contributed by atoms with Crippen molar-refractivity contribution >= 4 is 11.9 Å². The van der Waals surface area contributed by atoms with Gasteiger partial charge in [-0.25, -0.2) is 0 Å². The van der Waals surface area contributed by atoms with Crippen molar-refractivity contribution in [3.8, 4) is 0 Å². The molecule has 0 saturated carbocycles. The van der Waals surface area contributed by atoms with Crippen LogP contribution in [0.25, 0.3) is 0 Å². The van der Waals surface area contributed by atoms with Gasteiger partial charge in [0.25, 0.3) is 0 Å². The van der Waals surface area contributed by atoms with Crippen molar-refractivity contribution in [2.75, 3.05) is 0 Å². The zero-order chi connectivity index (χ0) is 9.98. The minimum absolute atomic E-state index is 0. The minimum Gasteiger partial charge on any atom is -0.545 e. The molecule has 0 aliphatic rings. The van der Waals surface area contributed by atoms with Crippen molar-refractivity contribution in [3.63, 3.8) is 0 Å². The number of carboxylic acid groups (broad SMARTS) is 2. The van der Waals surface area contributed by atoms with E-state index in [1.807, 2.05) is 0 Å². The predicted molar refractivity (Wildman–Crippen MR) is 39.6 cm³/mol. The third kappa shape index (κ3) is 35.9. The molecule has 0 N–H and O–H groups in total. The smallest absolute Gasteiger partial charge is 0.545 e. The van der Waals surface area contributed by atoms with Crippen LogP contribution in [-0.2, 0) is 26.4 Å². The number of carbonyl (C=O) groups excluding carboxylic acids is 2.